The van der Waals surface area contributed by atoms with Crippen molar-refractivity contribution in [1.82, 2.24) is 4.98 Å². The van der Waals surface area contributed by atoms with Crippen LogP contribution in [0.15, 0.2) is 36.5 Å². The number of nitrogens with one attached hydrogen (secondary N) is 2. The molecule has 0 aliphatic carbocycles. The van der Waals surface area contributed by atoms with Gasteiger partial charge in [-0.3, -0.25) is 5.41 Å². The smallest absolute Gasteiger partial charge is 0.126 e. The molecule has 0 saturated heterocycles. The van der Waals surface area contributed by atoms with Gasteiger partial charge in [-0.25, -0.2) is 4.98 Å². The highest BCUT2D eigenvalue weighted by Gasteiger charge is 2.12. The molecule has 1 heterocycles. The highest BCUT2D eigenvalue weighted by atomic mass is 16.5. The summed E-state index contributed by atoms with van der Waals surface area (Å²) in [5.41, 5.74) is 8.15. The molecule has 0 radical (unpaired) electrons. The third kappa shape index (κ3) is 4.45. The lowest BCUT2D eigenvalue weighted by molar-refractivity contribution is 0.242. The second kappa shape index (κ2) is 7.79. The Kier molecular flexibility index (Phi) is 5.76. The molecule has 0 aliphatic heterocycles. The van der Waals surface area contributed by atoms with Gasteiger partial charge in [0.2, 0.25) is 0 Å². The third-order valence-corrected chi connectivity index (χ3v) is 3.38. The minimum Gasteiger partial charge on any atom is -0.491 e. The van der Waals surface area contributed by atoms with E-state index in [0.29, 0.717) is 34.1 Å². The lowest BCUT2D eigenvalue weighted by atomic mass is 10.0. The molecule has 6 nitrogen and oxygen atoms in total. The van der Waals surface area contributed by atoms with E-state index in [4.69, 9.17) is 21.0 Å². The Hall–Kier alpha value is -2.60. The van der Waals surface area contributed by atoms with Gasteiger partial charge in [-0.2, -0.15) is 0 Å². The van der Waals surface area contributed by atoms with Crippen LogP contribution in [0.4, 0.5) is 11.5 Å². The third-order valence-electron chi connectivity index (χ3n) is 3.38. The van der Waals surface area contributed by atoms with Crippen LogP contribution in [0.25, 0.3) is 0 Å². The average Bonchev–Trinajstić information content (AvgIpc) is 2.55. The number of nitrogens with zero attached hydrogens (tertiary/aromatic N) is 1. The van der Waals surface area contributed by atoms with Crippen molar-refractivity contribution in [2.24, 2.45) is 0 Å². The first-order chi connectivity index (χ1) is 11.4. The van der Waals surface area contributed by atoms with Crippen LogP contribution in [0.2, 0.25) is 0 Å². The van der Waals surface area contributed by atoms with Crippen LogP contribution in [0.3, 0.4) is 0 Å². The fraction of sp³-hybridized carbons (Fsp3) is 0.333. The predicted octanol–water partition coefficient (Wildman–Crippen LogP) is 2.66. The van der Waals surface area contributed by atoms with E-state index in [1.807, 2.05) is 20.8 Å². The first kappa shape index (κ1) is 17.7. The molecular weight excluding hydrogens is 304 g/mol. The minimum absolute atomic E-state index is 0.00485. The SMILES string of the molecule is CC(CO)Nc1cc(C(=N)c2cc(OC(C)C)ccc2N)ccn1. The molecule has 0 amide bonds. The average molecular weight is 328 g/mol. The summed E-state index contributed by atoms with van der Waals surface area (Å²) in [6, 6.07) is 8.73. The molecule has 0 spiro atoms. The molecule has 6 heteroatoms. The van der Waals surface area contributed by atoms with Crippen LogP contribution in [-0.4, -0.2) is 34.6 Å². The number of ether oxygens (including phenoxy) is 1. The van der Waals surface area contributed by atoms with E-state index >= 15 is 0 Å². The van der Waals surface area contributed by atoms with Crippen LogP contribution in [0.1, 0.15) is 31.9 Å². The number of nitrogen functional groups attached to an aromatic ring is 1. The second-order valence-corrected chi connectivity index (χ2v) is 5.95. The Labute approximate surface area is 142 Å². The summed E-state index contributed by atoms with van der Waals surface area (Å²) in [5, 5.41) is 20.7. The van der Waals surface area contributed by atoms with Crippen molar-refractivity contribution in [3.63, 3.8) is 0 Å². The van der Waals surface area contributed by atoms with Gasteiger partial charge in [0, 0.05) is 29.1 Å². The Morgan fingerprint density at radius 3 is 2.71 bits per heavy atom. The fourth-order valence-corrected chi connectivity index (χ4v) is 2.22. The van der Waals surface area contributed by atoms with Crippen molar-refractivity contribution in [2.45, 2.75) is 32.9 Å². The molecule has 2 rings (SSSR count). The highest BCUT2D eigenvalue weighted by molar-refractivity contribution is 6.14. The van der Waals surface area contributed by atoms with Gasteiger partial charge < -0.3 is 20.9 Å². The van der Waals surface area contributed by atoms with Crippen LogP contribution < -0.4 is 15.8 Å². The summed E-state index contributed by atoms with van der Waals surface area (Å²) in [4.78, 5) is 4.21. The zero-order chi connectivity index (χ0) is 17.7. The fourth-order valence-electron chi connectivity index (χ4n) is 2.22. The molecule has 2 aromatic rings. The van der Waals surface area contributed by atoms with E-state index in [2.05, 4.69) is 10.3 Å². The predicted molar refractivity (Wildman–Crippen MR) is 97.0 cm³/mol. The molecule has 1 aromatic carbocycles. The Morgan fingerprint density at radius 2 is 2.04 bits per heavy atom. The summed E-state index contributed by atoms with van der Waals surface area (Å²) in [5.74, 6) is 1.28. The number of anilines is 2. The standard InChI is InChI=1S/C18H24N4O2/c1-11(2)24-14-4-5-16(19)15(9-14)18(20)13-6-7-21-17(8-13)22-12(3)10-23/h4-9,11-12,20,23H,10,19H2,1-3H3,(H,21,22). The molecule has 1 unspecified atom stereocenters. The van der Waals surface area contributed by atoms with Crippen molar-refractivity contribution in [3.05, 3.63) is 47.7 Å². The molecule has 0 saturated carbocycles. The first-order valence-electron chi connectivity index (χ1n) is 7.89. The zero-order valence-electron chi connectivity index (χ0n) is 14.2. The van der Waals surface area contributed by atoms with Crippen molar-refractivity contribution >= 4 is 17.2 Å². The zero-order valence-corrected chi connectivity index (χ0v) is 14.2. The molecule has 5 N–H and O–H groups in total. The summed E-state index contributed by atoms with van der Waals surface area (Å²) < 4.78 is 5.68. The van der Waals surface area contributed by atoms with E-state index in [-0.39, 0.29) is 18.8 Å². The Bertz CT molecular complexity index is 716. The number of hydrogen-bond donors (Lipinski definition) is 4. The molecule has 1 aromatic heterocycles. The molecule has 0 aliphatic rings. The van der Waals surface area contributed by atoms with Crippen LogP contribution >= 0.6 is 0 Å². The number of rotatable bonds is 7. The van der Waals surface area contributed by atoms with Crippen LogP contribution in [0.5, 0.6) is 5.75 Å². The normalized spacial score (nSPS) is 12.0. The number of nitrogens with two attached hydrogens (primary N) is 1. The molecule has 1 atom stereocenters. The topological polar surface area (TPSA) is 104 Å². The van der Waals surface area contributed by atoms with Crippen LogP contribution in [0, 0.1) is 5.41 Å². The van der Waals surface area contributed by atoms with Gasteiger partial charge in [0.15, 0.2) is 0 Å². The van der Waals surface area contributed by atoms with Gasteiger partial charge in [0.05, 0.1) is 18.4 Å². The van der Waals surface area contributed by atoms with Crippen molar-refractivity contribution < 1.29 is 9.84 Å². The summed E-state index contributed by atoms with van der Waals surface area (Å²) in [6.07, 6.45) is 1.67. The number of pyridine rings is 1. The monoisotopic (exact) mass is 328 g/mol. The van der Waals surface area contributed by atoms with Gasteiger partial charge in [-0.05, 0) is 51.1 Å². The Morgan fingerprint density at radius 1 is 1.29 bits per heavy atom. The van der Waals surface area contributed by atoms with Crippen LogP contribution in [-0.2, 0) is 0 Å². The largest absolute Gasteiger partial charge is 0.491 e. The summed E-state index contributed by atoms with van der Waals surface area (Å²) in [7, 11) is 0. The molecule has 128 valence electrons. The number of benzene rings is 1. The summed E-state index contributed by atoms with van der Waals surface area (Å²) >= 11 is 0. The molecule has 0 fully saturated rings. The van der Waals surface area contributed by atoms with Crippen molar-refractivity contribution in [3.8, 4) is 5.75 Å². The van der Waals surface area contributed by atoms with E-state index in [1.54, 1.807) is 36.5 Å². The number of hydrogen-bond acceptors (Lipinski definition) is 6. The maximum absolute atomic E-state index is 9.13. The van der Waals surface area contributed by atoms with Gasteiger partial charge in [0.1, 0.15) is 11.6 Å². The highest BCUT2D eigenvalue weighted by Crippen LogP contribution is 2.24. The quantitative estimate of drug-likeness (QED) is 0.462. The van der Waals surface area contributed by atoms with Crippen molar-refractivity contribution in [2.75, 3.05) is 17.7 Å². The van der Waals surface area contributed by atoms with Crippen molar-refractivity contribution in [1.29, 1.82) is 5.41 Å². The number of aromatic nitrogens is 1. The number of aliphatic hydroxyl groups excluding tert-OH is 1. The lowest BCUT2D eigenvalue weighted by Crippen LogP contribution is -2.20. The maximum Gasteiger partial charge on any atom is 0.126 e. The maximum atomic E-state index is 9.13. The van der Waals surface area contributed by atoms with Gasteiger partial charge in [-0.15, -0.1) is 0 Å². The molecule has 0 bridgehead atoms. The molecule has 24 heavy (non-hydrogen) atoms. The number of aliphatic hydroxyl groups is 1. The van der Waals surface area contributed by atoms with E-state index in [0.717, 1.165) is 0 Å². The van der Waals surface area contributed by atoms with Gasteiger partial charge in [0.25, 0.3) is 0 Å². The summed E-state index contributed by atoms with van der Waals surface area (Å²) in [6.45, 7) is 5.75. The Balaban J connectivity index is 2.29. The van der Waals surface area contributed by atoms with E-state index in [9.17, 15) is 0 Å². The van der Waals surface area contributed by atoms with Gasteiger partial charge in [-0.1, -0.05) is 0 Å². The minimum atomic E-state index is -0.116. The van der Waals surface area contributed by atoms with E-state index in [1.165, 1.54) is 0 Å². The lowest BCUT2D eigenvalue weighted by Gasteiger charge is -2.15. The van der Waals surface area contributed by atoms with Gasteiger partial charge >= 0.3 is 0 Å². The second-order valence-electron chi connectivity index (χ2n) is 5.95. The first-order valence-corrected chi connectivity index (χ1v) is 7.89. The van der Waals surface area contributed by atoms with E-state index < -0.39 is 0 Å². The molecular formula is C18H24N4O2.